The fraction of sp³-hybridized carbons (Fsp3) is 0.143. The number of fused-ring (bicyclic) bond motifs is 2. The highest BCUT2D eigenvalue weighted by Gasteiger charge is 2.29. The molecule has 180 valence electrons. The van der Waals surface area contributed by atoms with E-state index in [1.54, 1.807) is 0 Å². The van der Waals surface area contributed by atoms with Crippen molar-refractivity contribution in [1.29, 1.82) is 0 Å². The van der Waals surface area contributed by atoms with Gasteiger partial charge in [0.15, 0.2) is 11.9 Å². The predicted molar refractivity (Wildman–Crippen MR) is 142 cm³/mol. The summed E-state index contributed by atoms with van der Waals surface area (Å²) in [7, 11) is 0. The third kappa shape index (κ3) is 4.83. The van der Waals surface area contributed by atoms with Crippen molar-refractivity contribution < 1.29 is 14.3 Å². The molecule has 0 fully saturated rings. The normalized spacial score (nSPS) is 14.5. The largest absolute Gasteiger partial charge is 0.449 e. The zero-order valence-corrected chi connectivity index (χ0v) is 20.8. The lowest BCUT2D eigenvalue weighted by molar-refractivity contribution is -0.123. The maximum absolute atomic E-state index is 13.5. The molecule has 0 saturated heterocycles. The number of anilines is 1. The van der Waals surface area contributed by atoms with Gasteiger partial charge in [0.25, 0.3) is 5.91 Å². The van der Waals surface area contributed by atoms with Gasteiger partial charge in [-0.1, -0.05) is 71.7 Å². The molecule has 8 heteroatoms. The molecular formula is C28H21Cl2N3O3. The number of carbonyl (C=O) groups is 2. The second-order valence-corrected chi connectivity index (χ2v) is 9.28. The lowest BCUT2D eigenvalue weighted by atomic mass is 10.0. The quantitative estimate of drug-likeness (QED) is 0.301. The van der Waals surface area contributed by atoms with Crippen LogP contribution in [0, 0.1) is 0 Å². The van der Waals surface area contributed by atoms with Crippen LogP contribution in [0.3, 0.4) is 0 Å². The van der Waals surface area contributed by atoms with E-state index in [9.17, 15) is 9.59 Å². The maximum atomic E-state index is 13.5. The second kappa shape index (κ2) is 10.1. The SMILES string of the molecule is C[C@@H](OC(=O)c1c2c(nc3ccccc13)/C(=C\c1ccccc1)CC2)C(=O)Nc1ncc(Cl)cc1Cl. The van der Waals surface area contributed by atoms with Gasteiger partial charge in [0.05, 0.1) is 26.8 Å². The molecule has 1 aliphatic carbocycles. The van der Waals surface area contributed by atoms with Gasteiger partial charge < -0.3 is 10.1 Å². The van der Waals surface area contributed by atoms with Crippen molar-refractivity contribution in [1.82, 2.24) is 9.97 Å². The molecule has 0 saturated carbocycles. The third-order valence-corrected chi connectivity index (χ3v) is 6.48. The Hall–Kier alpha value is -3.74. The number of rotatable bonds is 5. The Labute approximate surface area is 217 Å². The van der Waals surface area contributed by atoms with Gasteiger partial charge in [0.1, 0.15) is 0 Å². The number of benzene rings is 2. The Morgan fingerprint density at radius 1 is 1.06 bits per heavy atom. The minimum Gasteiger partial charge on any atom is -0.449 e. The van der Waals surface area contributed by atoms with E-state index in [2.05, 4.69) is 16.4 Å². The lowest BCUT2D eigenvalue weighted by Gasteiger charge is -2.16. The van der Waals surface area contributed by atoms with Gasteiger partial charge in [-0.15, -0.1) is 0 Å². The van der Waals surface area contributed by atoms with Crippen LogP contribution in [0.25, 0.3) is 22.6 Å². The number of allylic oxidation sites excluding steroid dienone is 1. The summed E-state index contributed by atoms with van der Waals surface area (Å²) in [5.41, 5.74) is 4.88. The standard InChI is InChI=1S/C28H21Cl2N3O3/c1-16(27(34)33-26-22(30)14-19(29)15-31-26)36-28(35)24-20-9-5-6-10-23(20)32-25-18(11-12-21(24)25)13-17-7-3-2-4-8-17/h2-10,13-16H,11-12H2,1H3,(H,31,33,34)/b18-13-/t16-/m1/s1. The van der Waals surface area contributed by atoms with E-state index in [-0.39, 0.29) is 10.8 Å². The highest BCUT2D eigenvalue weighted by molar-refractivity contribution is 6.36. The molecule has 1 atom stereocenters. The number of ether oxygens (including phenoxy) is 1. The first-order valence-corrected chi connectivity index (χ1v) is 12.2. The van der Waals surface area contributed by atoms with Crippen molar-refractivity contribution in [3.05, 3.63) is 99.3 Å². The van der Waals surface area contributed by atoms with Crippen LogP contribution in [0.2, 0.25) is 10.0 Å². The van der Waals surface area contributed by atoms with Crippen LogP contribution in [0.1, 0.15) is 40.5 Å². The molecule has 1 aliphatic rings. The molecular weight excluding hydrogens is 497 g/mol. The van der Waals surface area contributed by atoms with Crippen molar-refractivity contribution in [3.8, 4) is 0 Å². The maximum Gasteiger partial charge on any atom is 0.339 e. The number of esters is 1. The van der Waals surface area contributed by atoms with E-state index in [0.717, 1.165) is 28.8 Å². The summed E-state index contributed by atoms with van der Waals surface area (Å²) in [5.74, 6) is -0.997. The van der Waals surface area contributed by atoms with Crippen LogP contribution in [0.5, 0.6) is 0 Å². The first-order valence-electron chi connectivity index (χ1n) is 11.4. The van der Waals surface area contributed by atoms with Crippen LogP contribution in [-0.4, -0.2) is 27.9 Å². The van der Waals surface area contributed by atoms with Gasteiger partial charge in [-0.05, 0) is 54.7 Å². The molecule has 36 heavy (non-hydrogen) atoms. The summed E-state index contributed by atoms with van der Waals surface area (Å²) >= 11 is 12.0. The Morgan fingerprint density at radius 2 is 1.81 bits per heavy atom. The topological polar surface area (TPSA) is 81.2 Å². The number of amides is 1. The van der Waals surface area contributed by atoms with E-state index in [1.807, 2.05) is 54.6 Å². The van der Waals surface area contributed by atoms with Crippen molar-refractivity contribution in [3.63, 3.8) is 0 Å². The molecule has 1 N–H and O–H groups in total. The van der Waals surface area contributed by atoms with Crippen LogP contribution >= 0.6 is 23.2 Å². The first kappa shape index (κ1) is 24.0. The summed E-state index contributed by atoms with van der Waals surface area (Å²) in [6.45, 7) is 1.50. The van der Waals surface area contributed by atoms with Crippen LogP contribution < -0.4 is 5.32 Å². The molecule has 0 aliphatic heterocycles. The third-order valence-electron chi connectivity index (χ3n) is 5.99. The van der Waals surface area contributed by atoms with Crippen molar-refractivity contribution in [2.45, 2.75) is 25.9 Å². The van der Waals surface area contributed by atoms with Crippen LogP contribution in [-0.2, 0) is 16.0 Å². The van der Waals surface area contributed by atoms with Gasteiger partial charge in [0, 0.05) is 11.6 Å². The fourth-order valence-corrected chi connectivity index (χ4v) is 4.69. The monoisotopic (exact) mass is 517 g/mol. The molecule has 6 nitrogen and oxygen atoms in total. The number of hydrogen-bond acceptors (Lipinski definition) is 5. The summed E-state index contributed by atoms with van der Waals surface area (Å²) < 4.78 is 5.63. The Bertz CT molecular complexity index is 1520. The van der Waals surface area contributed by atoms with E-state index < -0.39 is 18.0 Å². The molecule has 0 bridgehead atoms. The van der Waals surface area contributed by atoms with Crippen LogP contribution in [0.15, 0.2) is 66.9 Å². The molecule has 1 amide bonds. The fourth-order valence-electron chi connectivity index (χ4n) is 4.26. The zero-order valence-electron chi connectivity index (χ0n) is 19.3. The molecule has 2 aromatic carbocycles. The summed E-state index contributed by atoms with van der Waals surface area (Å²) in [6, 6.07) is 18.9. The molecule has 5 rings (SSSR count). The first-order chi connectivity index (χ1) is 17.4. The van der Waals surface area contributed by atoms with E-state index in [4.69, 9.17) is 32.9 Å². The number of hydrogen-bond donors (Lipinski definition) is 1. The lowest BCUT2D eigenvalue weighted by Crippen LogP contribution is -2.30. The van der Waals surface area contributed by atoms with Crippen molar-refractivity contribution >= 4 is 63.4 Å². The van der Waals surface area contributed by atoms with Crippen molar-refractivity contribution in [2.75, 3.05) is 5.32 Å². The number of nitrogens with zero attached hydrogens (tertiary/aromatic N) is 2. The summed E-state index contributed by atoms with van der Waals surface area (Å²) in [6.07, 6.45) is 3.79. The minimum absolute atomic E-state index is 0.139. The number of halogens is 2. The smallest absolute Gasteiger partial charge is 0.339 e. The van der Waals surface area contributed by atoms with E-state index in [1.165, 1.54) is 19.2 Å². The highest BCUT2D eigenvalue weighted by Crippen LogP contribution is 2.38. The molecule has 2 heterocycles. The number of para-hydroxylation sites is 1. The van der Waals surface area contributed by atoms with Gasteiger partial charge in [0.2, 0.25) is 0 Å². The average Bonchev–Trinajstić information content (AvgIpc) is 3.26. The van der Waals surface area contributed by atoms with Gasteiger partial charge >= 0.3 is 5.97 Å². The Kier molecular flexibility index (Phi) is 6.72. The van der Waals surface area contributed by atoms with Gasteiger partial charge in [-0.2, -0.15) is 0 Å². The Balaban J connectivity index is 1.45. The molecule has 0 spiro atoms. The highest BCUT2D eigenvalue weighted by atomic mass is 35.5. The molecule has 4 aromatic rings. The summed E-state index contributed by atoms with van der Waals surface area (Å²) in [4.78, 5) is 35.1. The molecule has 0 radical (unpaired) electrons. The number of pyridine rings is 2. The van der Waals surface area contributed by atoms with Crippen molar-refractivity contribution in [2.24, 2.45) is 0 Å². The van der Waals surface area contributed by atoms with Gasteiger partial charge in [-0.3, -0.25) is 4.79 Å². The van der Waals surface area contributed by atoms with E-state index >= 15 is 0 Å². The van der Waals surface area contributed by atoms with Crippen LogP contribution in [0.4, 0.5) is 5.82 Å². The average molecular weight is 518 g/mol. The Morgan fingerprint density at radius 3 is 2.58 bits per heavy atom. The minimum atomic E-state index is -1.09. The molecule has 0 unspecified atom stereocenters. The molecule has 2 aromatic heterocycles. The van der Waals surface area contributed by atoms with Gasteiger partial charge in [-0.25, -0.2) is 14.8 Å². The van der Waals surface area contributed by atoms with E-state index in [0.29, 0.717) is 27.9 Å². The number of carbonyl (C=O) groups excluding carboxylic acids is 2. The second-order valence-electron chi connectivity index (χ2n) is 8.43. The predicted octanol–water partition coefficient (Wildman–Crippen LogP) is 6.61. The number of nitrogens with one attached hydrogen (secondary N) is 1. The number of aromatic nitrogens is 2. The zero-order chi connectivity index (χ0) is 25.2. The summed E-state index contributed by atoms with van der Waals surface area (Å²) in [5, 5.41) is 3.80.